The first-order chi connectivity index (χ1) is 10.1. The standard InChI is InChI=1S/C14H17N3O4/c18-11(8-16-14(20)17-5-4-15-13(17)19)9-1-2-12-10(7-9)3-6-21-12/h1-2,7,11,18H,3-6,8H2,(H,15,19)(H,16,20)/t11-/m1/s1. The molecule has 0 aromatic heterocycles. The second-order valence-corrected chi connectivity index (χ2v) is 5.05. The molecule has 112 valence electrons. The van der Waals surface area contributed by atoms with Crippen LogP contribution in [0.5, 0.6) is 5.75 Å². The number of amides is 4. The van der Waals surface area contributed by atoms with Gasteiger partial charge in [0.25, 0.3) is 0 Å². The fourth-order valence-corrected chi connectivity index (χ4v) is 2.48. The highest BCUT2D eigenvalue weighted by atomic mass is 16.5. The number of urea groups is 2. The van der Waals surface area contributed by atoms with Crippen molar-refractivity contribution in [2.45, 2.75) is 12.5 Å². The monoisotopic (exact) mass is 291 g/mol. The van der Waals surface area contributed by atoms with Crippen LogP contribution in [0.1, 0.15) is 17.2 Å². The maximum atomic E-state index is 11.8. The van der Waals surface area contributed by atoms with Crippen LogP contribution in [0.15, 0.2) is 18.2 Å². The molecule has 7 nitrogen and oxygen atoms in total. The van der Waals surface area contributed by atoms with E-state index >= 15 is 0 Å². The third kappa shape index (κ3) is 2.78. The van der Waals surface area contributed by atoms with E-state index in [0.29, 0.717) is 19.7 Å². The molecule has 7 heteroatoms. The van der Waals surface area contributed by atoms with E-state index in [1.807, 2.05) is 12.1 Å². The van der Waals surface area contributed by atoms with Gasteiger partial charge in [0.05, 0.1) is 12.7 Å². The topological polar surface area (TPSA) is 90.9 Å². The van der Waals surface area contributed by atoms with E-state index in [-0.39, 0.29) is 6.54 Å². The Kier molecular flexibility index (Phi) is 3.66. The summed E-state index contributed by atoms with van der Waals surface area (Å²) in [6.07, 6.45) is 0.0152. The lowest BCUT2D eigenvalue weighted by Crippen LogP contribution is -2.43. The van der Waals surface area contributed by atoms with Crippen LogP contribution in [-0.2, 0) is 6.42 Å². The van der Waals surface area contributed by atoms with Crippen molar-refractivity contribution in [2.75, 3.05) is 26.2 Å². The molecule has 1 fully saturated rings. The normalized spacial score (nSPS) is 18.0. The van der Waals surface area contributed by atoms with Crippen LogP contribution in [0.4, 0.5) is 9.59 Å². The first-order valence-corrected chi connectivity index (χ1v) is 6.92. The Bertz CT molecular complexity index is 575. The molecule has 0 spiro atoms. The Hall–Kier alpha value is -2.28. The van der Waals surface area contributed by atoms with Gasteiger partial charge in [0.15, 0.2) is 0 Å². The van der Waals surface area contributed by atoms with Gasteiger partial charge < -0.3 is 20.5 Å². The van der Waals surface area contributed by atoms with E-state index in [2.05, 4.69) is 10.6 Å². The molecular weight excluding hydrogens is 274 g/mol. The van der Waals surface area contributed by atoms with Gasteiger partial charge in [0.1, 0.15) is 5.75 Å². The van der Waals surface area contributed by atoms with Gasteiger partial charge in [0, 0.05) is 26.1 Å². The lowest BCUT2D eigenvalue weighted by molar-refractivity contribution is 0.165. The summed E-state index contributed by atoms with van der Waals surface area (Å²) in [6.45, 7) is 1.52. The van der Waals surface area contributed by atoms with E-state index in [1.165, 1.54) is 0 Å². The molecule has 2 aliphatic rings. The SMILES string of the molecule is O=C1NCCN1C(=O)NC[C@@H](O)c1ccc2c(c1)CCO2. The fraction of sp³-hybridized carbons (Fsp3) is 0.429. The Morgan fingerprint density at radius 3 is 3.14 bits per heavy atom. The Balaban J connectivity index is 1.57. The number of nitrogens with one attached hydrogen (secondary N) is 2. The summed E-state index contributed by atoms with van der Waals surface area (Å²) in [5, 5.41) is 15.2. The minimum absolute atomic E-state index is 0.0578. The molecule has 2 heterocycles. The molecule has 1 aromatic carbocycles. The minimum atomic E-state index is -0.814. The van der Waals surface area contributed by atoms with E-state index < -0.39 is 18.2 Å². The molecule has 0 aliphatic carbocycles. The van der Waals surface area contributed by atoms with Crippen LogP contribution in [0, 0.1) is 0 Å². The van der Waals surface area contributed by atoms with E-state index in [1.54, 1.807) is 6.07 Å². The van der Waals surface area contributed by atoms with Gasteiger partial charge in [-0.25, -0.2) is 14.5 Å². The molecule has 1 aromatic rings. The van der Waals surface area contributed by atoms with Crippen molar-refractivity contribution in [2.24, 2.45) is 0 Å². The minimum Gasteiger partial charge on any atom is -0.493 e. The molecule has 3 N–H and O–H groups in total. The number of hydrogen-bond donors (Lipinski definition) is 3. The van der Waals surface area contributed by atoms with E-state index in [9.17, 15) is 14.7 Å². The molecule has 1 atom stereocenters. The van der Waals surface area contributed by atoms with Crippen molar-refractivity contribution in [3.63, 3.8) is 0 Å². The van der Waals surface area contributed by atoms with Crippen molar-refractivity contribution in [1.82, 2.24) is 15.5 Å². The maximum Gasteiger partial charge on any atom is 0.325 e. The third-order valence-electron chi connectivity index (χ3n) is 3.65. The number of aliphatic hydroxyl groups is 1. The average molecular weight is 291 g/mol. The summed E-state index contributed by atoms with van der Waals surface area (Å²) in [7, 11) is 0. The number of nitrogens with zero attached hydrogens (tertiary/aromatic N) is 1. The summed E-state index contributed by atoms with van der Waals surface area (Å²) in [5.41, 5.74) is 1.79. The van der Waals surface area contributed by atoms with Crippen molar-refractivity contribution in [1.29, 1.82) is 0 Å². The van der Waals surface area contributed by atoms with Gasteiger partial charge in [-0.3, -0.25) is 0 Å². The molecule has 3 rings (SSSR count). The molecule has 4 amide bonds. The predicted octanol–water partition coefficient (Wildman–Crippen LogP) is 0.390. The largest absolute Gasteiger partial charge is 0.493 e. The highest BCUT2D eigenvalue weighted by Crippen LogP contribution is 2.27. The first-order valence-electron chi connectivity index (χ1n) is 6.92. The fourth-order valence-electron chi connectivity index (χ4n) is 2.48. The molecule has 0 radical (unpaired) electrons. The molecule has 21 heavy (non-hydrogen) atoms. The van der Waals surface area contributed by atoms with E-state index in [4.69, 9.17) is 4.74 Å². The number of aliphatic hydroxyl groups excluding tert-OH is 1. The van der Waals surface area contributed by atoms with Crippen LogP contribution in [-0.4, -0.2) is 48.3 Å². The van der Waals surface area contributed by atoms with Gasteiger partial charge in [-0.05, 0) is 23.3 Å². The van der Waals surface area contributed by atoms with Gasteiger partial charge in [-0.1, -0.05) is 6.07 Å². The summed E-state index contributed by atoms with van der Waals surface area (Å²) in [6, 6.07) is 4.60. The summed E-state index contributed by atoms with van der Waals surface area (Å²) < 4.78 is 5.41. The molecule has 0 bridgehead atoms. The highest BCUT2D eigenvalue weighted by molar-refractivity contribution is 5.94. The Labute approximate surface area is 121 Å². The number of benzene rings is 1. The second-order valence-electron chi connectivity index (χ2n) is 5.05. The average Bonchev–Trinajstić information content (AvgIpc) is 3.11. The quantitative estimate of drug-likeness (QED) is 0.751. The molecule has 0 unspecified atom stereocenters. The zero-order valence-electron chi connectivity index (χ0n) is 11.5. The summed E-state index contributed by atoms with van der Waals surface area (Å²) in [4.78, 5) is 24.2. The Morgan fingerprint density at radius 1 is 1.52 bits per heavy atom. The maximum absolute atomic E-state index is 11.8. The van der Waals surface area contributed by atoms with Crippen LogP contribution < -0.4 is 15.4 Å². The van der Waals surface area contributed by atoms with Crippen LogP contribution in [0.3, 0.4) is 0 Å². The van der Waals surface area contributed by atoms with Gasteiger partial charge in [-0.2, -0.15) is 0 Å². The van der Waals surface area contributed by atoms with Crippen LogP contribution in [0.25, 0.3) is 0 Å². The van der Waals surface area contributed by atoms with Crippen molar-refractivity contribution >= 4 is 12.1 Å². The molecule has 2 aliphatic heterocycles. The number of rotatable bonds is 3. The van der Waals surface area contributed by atoms with Gasteiger partial charge in [-0.15, -0.1) is 0 Å². The van der Waals surface area contributed by atoms with Crippen LogP contribution >= 0.6 is 0 Å². The highest BCUT2D eigenvalue weighted by Gasteiger charge is 2.26. The summed E-state index contributed by atoms with van der Waals surface area (Å²) in [5.74, 6) is 0.851. The zero-order chi connectivity index (χ0) is 14.8. The Morgan fingerprint density at radius 2 is 2.38 bits per heavy atom. The third-order valence-corrected chi connectivity index (χ3v) is 3.65. The number of hydrogen-bond acceptors (Lipinski definition) is 4. The van der Waals surface area contributed by atoms with Crippen molar-refractivity contribution < 1.29 is 19.4 Å². The van der Waals surface area contributed by atoms with Crippen LogP contribution in [0.2, 0.25) is 0 Å². The number of imide groups is 1. The lowest BCUT2D eigenvalue weighted by atomic mass is 10.0. The van der Waals surface area contributed by atoms with Crippen molar-refractivity contribution in [3.05, 3.63) is 29.3 Å². The number of fused-ring (bicyclic) bond motifs is 1. The predicted molar refractivity (Wildman–Crippen MR) is 74.1 cm³/mol. The molecule has 0 saturated carbocycles. The lowest BCUT2D eigenvalue weighted by Gasteiger charge is -2.16. The van der Waals surface area contributed by atoms with E-state index in [0.717, 1.165) is 28.2 Å². The molecule has 1 saturated heterocycles. The second kappa shape index (κ2) is 5.61. The number of carbonyl (C=O) groups is 2. The van der Waals surface area contributed by atoms with Gasteiger partial charge in [0.2, 0.25) is 0 Å². The van der Waals surface area contributed by atoms with Gasteiger partial charge >= 0.3 is 12.1 Å². The first kappa shape index (κ1) is 13.7. The van der Waals surface area contributed by atoms with Crippen molar-refractivity contribution in [3.8, 4) is 5.75 Å². The zero-order valence-corrected chi connectivity index (χ0v) is 11.5. The smallest absolute Gasteiger partial charge is 0.325 e. The summed E-state index contributed by atoms with van der Waals surface area (Å²) >= 11 is 0. The number of ether oxygens (including phenoxy) is 1. The molecular formula is C14H17N3O4. The number of carbonyl (C=O) groups excluding carboxylic acids is 2.